The summed E-state index contributed by atoms with van der Waals surface area (Å²) in [5, 5.41) is 20.3. The highest BCUT2D eigenvalue weighted by Gasteiger charge is 2.47. The van der Waals surface area contributed by atoms with Crippen molar-refractivity contribution in [2.75, 3.05) is 6.61 Å². The minimum absolute atomic E-state index is 0.000800. The van der Waals surface area contributed by atoms with Crippen LogP contribution in [0.15, 0.2) is 34.9 Å². The Morgan fingerprint density at radius 3 is 2.86 bits per heavy atom. The van der Waals surface area contributed by atoms with Gasteiger partial charge in [0, 0.05) is 22.9 Å². The SMILES string of the molecule is Cc1cc(OCC2[C@H](O)C[C@@H]3OC(c4coc(C(=O)O)c4)CC[C@H]23)ccc1Cl. The van der Waals surface area contributed by atoms with Crippen molar-refractivity contribution in [2.45, 2.75) is 44.5 Å². The van der Waals surface area contributed by atoms with Crippen LogP contribution in [0.4, 0.5) is 0 Å². The number of aliphatic hydroxyl groups is 1. The van der Waals surface area contributed by atoms with Crippen molar-refractivity contribution in [2.24, 2.45) is 11.8 Å². The number of fused-ring (bicyclic) bond motifs is 1. The summed E-state index contributed by atoms with van der Waals surface area (Å²) in [5.74, 6) is -0.222. The number of aliphatic hydroxyl groups excluding tert-OH is 1. The third-order valence-corrected chi connectivity index (χ3v) is 6.30. The van der Waals surface area contributed by atoms with Crippen LogP contribution < -0.4 is 4.74 Å². The van der Waals surface area contributed by atoms with Crippen LogP contribution in [0.25, 0.3) is 0 Å². The van der Waals surface area contributed by atoms with Crippen molar-refractivity contribution in [3.8, 4) is 5.75 Å². The largest absolute Gasteiger partial charge is 0.493 e. The van der Waals surface area contributed by atoms with Gasteiger partial charge in [0.1, 0.15) is 5.75 Å². The van der Waals surface area contributed by atoms with E-state index in [9.17, 15) is 9.90 Å². The maximum absolute atomic E-state index is 11.0. The standard InChI is InChI=1S/C21H23ClO6/c1-11-6-13(2-4-16(11)22)26-10-15-14-3-5-18(28-19(14)8-17(15)23)12-7-20(21(24)25)27-9-12/h2,4,6-7,9,14-15,17-19,23H,3,5,8,10H2,1H3,(H,24,25)/t14-,15?,17-,18?,19+/m1/s1. The number of halogens is 1. The highest BCUT2D eigenvalue weighted by Crippen LogP contribution is 2.46. The van der Waals surface area contributed by atoms with Crippen LogP contribution in [-0.4, -0.2) is 35.0 Å². The molecule has 6 nitrogen and oxygen atoms in total. The lowest BCUT2D eigenvalue weighted by Crippen LogP contribution is -2.33. The number of furan rings is 1. The van der Waals surface area contributed by atoms with Crippen LogP contribution in [0.1, 0.15) is 47.0 Å². The molecule has 2 N–H and O–H groups in total. The topological polar surface area (TPSA) is 89.1 Å². The van der Waals surface area contributed by atoms with Crippen LogP contribution in [0, 0.1) is 18.8 Å². The van der Waals surface area contributed by atoms with E-state index in [4.69, 9.17) is 30.6 Å². The van der Waals surface area contributed by atoms with E-state index in [0.717, 1.165) is 29.7 Å². The predicted octanol–water partition coefficient (Wildman–Crippen LogP) is 4.24. The third-order valence-electron chi connectivity index (χ3n) is 5.87. The zero-order valence-corrected chi connectivity index (χ0v) is 16.3. The van der Waals surface area contributed by atoms with E-state index in [1.807, 2.05) is 25.1 Å². The first-order chi connectivity index (χ1) is 13.4. The fraction of sp³-hybridized carbons (Fsp3) is 0.476. The van der Waals surface area contributed by atoms with Gasteiger partial charge in [0.15, 0.2) is 0 Å². The van der Waals surface area contributed by atoms with Crippen LogP contribution in [0.2, 0.25) is 5.02 Å². The van der Waals surface area contributed by atoms with Gasteiger partial charge in [-0.05, 0) is 55.5 Å². The first-order valence-corrected chi connectivity index (χ1v) is 9.84. The molecule has 2 fully saturated rings. The molecule has 5 atom stereocenters. The van der Waals surface area contributed by atoms with Crippen molar-refractivity contribution in [1.82, 2.24) is 0 Å². The van der Waals surface area contributed by atoms with Gasteiger partial charge in [0.05, 0.1) is 31.2 Å². The number of aromatic carboxylic acids is 1. The van der Waals surface area contributed by atoms with Gasteiger partial charge in [-0.15, -0.1) is 0 Å². The fourth-order valence-electron chi connectivity index (χ4n) is 4.34. The van der Waals surface area contributed by atoms with Crippen LogP contribution in [0.5, 0.6) is 5.75 Å². The molecule has 150 valence electrons. The summed E-state index contributed by atoms with van der Waals surface area (Å²) < 4.78 is 17.2. The molecule has 0 bridgehead atoms. The lowest BCUT2D eigenvalue weighted by Gasteiger charge is -2.34. The molecule has 2 unspecified atom stereocenters. The van der Waals surface area contributed by atoms with Crippen molar-refractivity contribution in [3.05, 3.63) is 52.4 Å². The predicted molar refractivity (Wildman–Crippen MR) is 102 cm³/mol. The maximum Gasteiger partial charge on any atom is 0.371 e. The highest BCUT2D eigenvalue weighted by atomic mass is 35.5. The van der Waals surface area contributed by atoms with Gasteiger partial charge in [-0.2, -0.15) is 0 Å². The molecule has 1 aliphatic carbocycles. The summed E-state index contributed by atoms with van der Waals surface area (Å²) in [6.45, 7) is 2.35. The Kier molecular flexibility index (Phi) is 5.36. The normalized spacial score (nSPS) is 29.5. The average Bonchev–Trinajstić information content (AvgIpc) is 3.27. The molecule has 1 saturated carbocycles. The van der Waals surface area contributed by atoms with Gasteiger partial charge in [-0.3, -0.25) is 0 Å². The summed E-state index contributed by atoms with van der Waals surface area (Å²) >= 11 is 6.05. The summed E-state index contributed by atoms with van der Waals surface area (Å²) in [5.41, 5.74) is 1.69. The number of carboxylic acid groups (broad SMARTS) is 1. The second-order valence-electron chi connectivity index (χ2n) is 7.64. The van der Waals surface area contributed by atoms with Gasteiger partial charge in [-0.1, -0.05) is 11.6 Å². The van der Waals surface area contributed by atoms with E-state index >= 15 is 0 Å². The average molecular weight is 407 g/mol. The maximum atomic E-state index is 11.0. The molecule has 1 aliphatic heterocycles. The minimum Gasteiger partial charge on any atom is -0.493 e. The first-order valence-electron chi connectivity index (χ1n) is 9.46. The van der Waals surface area contributed by atoms with Crippen molar-refractivity contribution in [1.29, 1.82) is 0 Å². The van der Waals surface area contributed by atoms with Crippen molar-refractivity contribution < 1.29 is 28.9 Å². The van der Waals surface area contributed by atoms with E-state index in [1.54, 1.807) is 0 Å². The fourth-order valence-corrected chi connectivity index (χ4v) is 4.46. The molecule has 2 heterocycles. The van der Waals surface area contributed by atoms with Gasteiger partial charge in [-0.25, -0.2) is 4.79 Å². The lowest BCUT2D eigenvalue weighted by atomic mass is 9.86. The van der Waals surface area contributed by atoms with Gasteiger partial charge < -0.3 is 24.1 Å². The Hall–Kier alpha value is -2.02. The molecular formula is C21H23ClO6. The van der Waals surface area contributed by atoms with Gasteiger partial charge in [0.25, 0.3) is 0 Å². The molecule has 1 saturated heterocycles. The van der Waals surface area contributed by atoms with Gasteiger partial charge in [0.2, 0.25) is 5.76 Å². The smallest absolute Gasteiger partial charge is 0.371 e. The number of benzene rings is 1. The Labute approximate surface area is 168 Å². The Balaban J connectivity index is 1.39. The summed E-state index contributed by atoms with van der Waals surface area (Å²) in [7, 11) is 0. The van der Waals surface area contributed by atoms with E-state index in [1.165, 1.54) is 12.3 Å². The Morgan fingerprint density at radius 1 is 1.32 bits per heavy atom. The second-order valence-corrected chi connectivity index (χ2v) is 8.05. The summed E-state index contributed by atoms with van der Waals surface area (Å²) in [6.07, 6.45) is 2.88. The van der Waals surface area contributed by atoms with E-state index in [0.29, 0.717) is 18.1 Å². The number of ether oxygens (including phenoxy) is 2. The number of aryl methyl sites for hydroxylation is 1. The molecule has 1 aromatic carbocycles. The molecule has 28 heavy (non-hydrogen) atoms. The third kappa shape index (κ3) is 3.77. The monoisotopic (exact) mass is 406 g/mol. The van der Waals surface area contributed by atoms with E-state index in [2.05, 4.69) is 0 Å². The zero-order valence-electron chi connectivity index (χ0n) is 15.5. The number of carboxylic acids is 1. The highest BCUT2D eigenvalue weighted by molar-refractivity contribution is 6.31. The van der Waals surface area contributed by atoms with E-state index in [-0.39, 0.29) is 29.8 Å². The molecular weight excluding hydrogens is 384 g/mol. The van der Waals surface area contributed by atoms with Crippen molar-refractivity contribution >= 4 is 17.6 Å². The molecule has 1 aromatic heterocycles. The second kappa shape index (κ2) is 7.78. The Bertz CT molecular complexity index is 862. The lowest BCUT2D eigenvalue weighted by molar-refractivity contribution is -0.0813. The molecule has 0 radical (unpaired) electrons. The zero-order chi connectivity index (χ0) is 19.8. The van der Waals surface area contributed by atoms with Crippen molar-refractivity contribution in [3.63, 3.8) is 0 Å². The molecule has 2 aliphatic rings. The number of carbonyl (C=O) groups is 1. The summed E-state index contributed by atoms with van der Waals surface area (Å²) in [6, 6.07) is 7.06. The Morgan fingerprint density at radius 2 is 2.14 bits per heavy atom. The van der Waals surface area contributed by atoms with Crippen LogP contribution >= 0.6 is 11.6 Å². The van der Waals surface area contributed by atoms with Gasteiger partial charge >= 0.3 is 5.97 Å². The minimum atomic E-state index is -1.09. The quantitative estimate of drug-likeness (QED) is 0.772. The molecule has 2 aromatic rings. The molecule has 0 spiro atoms. The molecule has 7 heteroatoms. The van der Waals surface area contributed by atoms with Crippen LogP contribution in [-0.2, 0) is 4.74 Å². The number of rotatable bonds is 5. The summed E-state index contributed by atoms with van der Waals surface area (Å²) in [4.78, 5) is 11.0. The first kappa shape index (κ1) is 19.3. The van der Waals surface area contributed by atoms with Crippen LogP contribution in [0.3, 0.4) is 0 Å². The van der Waals surface area contributed by atoms with E-state index < -0.39 is 12.1 Å². The molecule has 4 rings (SSSR count). The number of hydrogen-bond donors (Lipinski definition) is 2. The number of hydrogen-bond acceptors (Lipinski definition) is 5. The molecule has 0 amide bonds.